The third-order valence-corrected chi connectivity index (χ3v) is 8.40. The zero-order chi connectivity index (χ0) is 20.0. The third kappa shape index (κ3) is 2.26. The maximum atomic E-state index is 13.2. The molecule has 1 aliphatic heterocycles. The van der Waals surface area contributed by atoms with Crippen LogP contribution in [0.3, 0.4) is 0 Å². The lowest BCUT2D eigenvalue weighted by Gasteiger charge is -2.67. The minimum absolute atomic E-state index is 0.0413. The zero-order valence-corrected chi connectivity index (χ0v) is 17.5. The van der Waals surface area contributed by atoms with Gasteiger partial charge in [-0.05, 0) is 75.8 Å². The van der Waals surface area contributed by atoms with E-state index >= 15 is 0 Å². The van der Waals surface area contributed by atoms with Crippen LogP contribution in [-0.4, -0.2) is 33.6 Å². The van der Waals surface area contributed by atoms with Crippen LogP contribution >= 0.6 is 23.2 Å². The topological polar surface area (TPSA) is 60.9 Å². The third-order valence-electron chi connectivity index (χ3n) is 7.60. The van der Waals surface area contributed by atoms with Gasteiger partial charge in [-0.1, -0.05) is 29.3 Å². The number of hydrogen-bond donors (Lipinski definition) is 1. The van der Waals surface area contributed by atoms with Crippen molar-refractivity contribution in [2.75, 3.05) is 5.01 Å². The van der Waals surface area contributed by atoms with Gasteiger partial charge in [-0.2, -0.15) is 0 Å². The first-order chi connectivity index (χ1) is 13.2. The van der Waals surface area contributed by atoms with Crippen LogP contribution in [0.2, 0.25) is 10.0 Å². The molecule has 7 heteroatoms. The molecule has 5 fully saturated rings. The van der Waals surface area contributed by atoms with Crippen molar-refractivity contribution in [2.45, 2.75) is 57.5 Å². The van der Waals surface area contributed by atoms with Crippen molar-refractivity contribution in [3.63, 3.8) is 0 Å². The van der Waals surface area contributed by atoms with Gasteiger partial charge in [0.1, 0.15) is 5.54 Å². The number of hydrazine groups is 1. The number of halogens is 2. The molecule has 5 aliphatic rings. The van der Waals surface area contributed by atoms with Crippen LogP contribution in [0, 0.1) is 23.2 Å². The zero-order valence-electron chi connectivity index (χ0n) is 16.0. The molecule has 1 aromatic rings. The van der Waals surface area contributed by atoms with E-state index in [-0.39, 0.29) is 23.8 Å². The van der Waals surface area contributed by atoms with Gasteiger partial charge in [0.2, 0.25) is 0 Å². The molecule has 6 rings (SSSR count). The lowest BCUT2D eigenvalue weighted by atomic mass is 9.47. The van der Waals surface area contributed by atoms with Crippen molar-refractivity contribution in [3.8, 4) is 0 Å². The summed E-state index contributed by atoms with van der Waals surface area (Å²) in [5.74, 6) is 0.337. The SMILES string of the molecule is CC1(C)C(=O)N(C2[C@@H]3CC4C[C@H]2CC(C(=O)O)(C4)C3)N1c1cccc(Cl)c1Cl. The molecule has 0 radical (unpaired) electrons. The van der Waals surface area contributed by atoms with Crippen molar-refractivity contribution in [1.82, 2.24) is 5.01 Å². The van der Waals surface area contributed by atoms with Crippen LogP contribution in [0.15, 0.2) is 18.2 Å². The van der Waals surface area contributed by atoms with Crippen molar-refractivity contribution in [2.24, 2.45) is 23.2 Å². The molecule has 5 nitrogen and oxygen atoms in total. The van der Waals surface area contributed by atoms with Gasteiger partial charge >= 0.3 is 5.97 Å². The Kier molecular flexibility index (Phi) is 3.84. The fraction of sp³-hybridized carbons (Fsp3) is 0.619. The summed E-state index contributed by atoms with van der Waals surface area (Å²) in [5.41, 5.74) is -0.553. The molecule has 1 amide bonds. The molecule has 4 aliphatic carbocycles. The minimum atomic E-state index is -0.701. The monoisotopic (exact) mass is 422 g/mol. The number of anilines is 1. The Hall–Kier alpha value is -1.46. The van der Waals surface area contributed by atoms with Crippen molar-refractivity contribution in [3.05, 3.63) is 28.2 Å². The van der Waals surface area contributed by atoms with Gasteiger partial charge in [0.05, 0.1) is 27.2 Å². The molecular weight excluding hydrogens is 399 g/mol. The first-order valence-corrected chi connectivity index (χ1v) is 10.7. The van der Waals surface area contributed by atoms with Gasteiger partial charge in [0.25, 0.3) is 5.91 Å². The number of hydrogen-bond acceptors (Lipinski definition) is 3. The summed E-state index contributed by atoms with van der Waals surface area (Å²) in [6.07, 6.45) is 4.16. The lowest BCUT2D eigenvalue weighted by Crippen LogP contribution is -2.80. The number of benzene rings is 1. The smallest absolute Gasteiger partial charge is 0.309 e. The minimum Gasteiger partial charge on any atom is -0.481 e. The van der Waals surface area contributed by atoms with E-state index in [2.05, 4.69) is 0 Å². The van der Waals surface area contributed by atoms with E-state index in [1.165, 1.54) is 0 Å². The highest BCUT2D eigenvalue weighted by Gasteiger charge is 2.65. The summed E-state index contributed by atoms with van der Waals surface area (Å²) in [4.78, 5) is 25.2. The molecule has 1 heterocycles. The second-order valence-electron chi connectivity index (χ2n) is 9.64. The fourth-order valence-corrected chi connectivity index (χ4v) is 7.06. The first-order valence-electron chi connectivity index (χ1n) is 9.97. The average Bonchev–Trinajstić information content (AvgIpc) is 2.62. The highest BCUT2D eigenvalue weighted by molar-refractivity contribution is 6.43. The second kappa shape index (κ2) is 5.79. The molecule has 4 bridgehead atoms. The number of aliphatic carboxylic acids is 1. The fourth-order valence-electron chi connectivity index (χ4n) is 6.69. The molecule has 28 heavy (non-hydrogen) atoms. The molecule has 0 aromatic heterocycles. The number of carbonyl (C=O) groups excluding carboxylic acids is 1. The van der Waals surface area contributed by atoms with Gasteiger partial charge in [0.15, 0.2) is 0 Å². The summed E-state index contributed by atoms with van der Waals surface area (Å²) >= 11 is 12.8. The first kappa shape index (κ1) is 18.6. The summed E-state index contributed by atoms with van der Waals surface area (Å²) < 4.78 is 0. The normalized spacial score (nSPS) is 37.9. The predicted molar refractivity (Wildman–Crippen MR) is 107 cm³/mol. The molecule has 3 unspecified atom stereocenters. The van der Waals surface area contributed by atoms with Crippen molar-refractivity contribution < 1.29 is 14.7 Å². The van der Waals surface area contributed by atoms with Crippen LogP contribution in [0.5, 0.6) is 0 Å². The molecule has 1 N–H and O–H groups in total. The Balaban J connectivity index is 1.53. The molecule has 150 valence electrons. The van der Waals surface area contributed by atoms with Crippen LogP contribution < -0.4 is 5.01 Å². The van der Waals surface area contributed by atoms with Crippen molar-refractivity contribution >= 4 is 40.8 Å². The Morgan fingerprint density at radius 3 is 2.39 bits per heavy atom. The summed E-state index contributed by atoms with van der Waals surface area (Å²) in [5, 5.41) is 14.7. The largest absolute Gasteiger partial charge is 0.481 e. The van der Waals surface area contributed by atoms with Gasteiger partial charge < -0.3 is 5.11 Å². The van der Waals surface area contributed by atoms with Crippen molar-refractivity contribution in [1.29, 1.82) is 0 Å². The van der Waals surface area contributed by atoms with E-state index in [0.29, 0.717) is 28.8 Å². The highest BCUT2D eigenvalue weighted by atomic mass is 35.5. The molecule has 5 atom stereocenters. The Labute approximate surface area is 174 Å². The Morgan fingerprint density at radius 1 is 1.14 bits per heavy atom. The van der Waals surface area contributed by atoms with Crippen LogP contribution in [0.1, 0.15) is 46.0 Å². The van der Waals surface area contributed by atoms with E-state index in [1.807, 2.05) is 36.0 Å². The average molecular weight is 423 g/mol. The number of carboxylic acids is 1. The molecule has 1 saturated heterocycles. The summed E-state index contributed by atoms with van der Waals surface area (Å²) in [6, 6.07) is 5.52. The second-order valence-corrected chi connectivity index (χ2v) is 10.4. The van der Waals surface area contributed by atoms with E-state index in [4.69, 9.17) is 23.2 Å². The number of nitrogens with zero attached hydrogens (tertiary/aromatic N) is 2. The maximum Gasteiger partial charge on any atom is 0.309 e. The van der Waals surface area contributed by atoms with Gasteiger partial charge in [-0.3, -0.25) is 14.6 Å². The molecule has 4 saturated carbocycles. The number of rotatable bonds is 3. The highest BCUT2D eigenvalue weighted by Crippen LogP contribution is 2.62. The van der Waals surface area contributed by atoms with Crippen LogP contribution in [0.4, 0.5) is 5.69 Å². The Bertz CT molecular complexity index is 870. The van der Waals surface area contributed by atoms with Crippen LogP contribution in [0.25, 0.3) is 0 Å². The number of carbonyl (C=O) groups is 2. The Morgan fingerprint density at radius 2 is 1.79 bits per heavy atom. The standard InChI is InChI=1S/C21H24Cl2N2O3/c1-20(2)18(26)24(25(20)15-5-3-4-14(22)16(15)23)17-12-6-11-7-13(17)10-21(8-11,9-12)19(27)28/h3-5,11-13,17H,6-10H2,1-2H3,(H,27,28)/t11?,12-,13+,17?,21?. The predicted octanol–water partition coefficient (Wildman–Crippen LogP) is 4.62. The molecule has 0 spiro atoms. The molecular formula is C21H24Cl2N2O3. The lowest BCUT2D eigenvalue weighted by molar-refractivity contribution is -0.187. The number of carboxylic acid groups (broad SMARTS) is 1. The maximum absolute atomic E-state index is 13.2. The van der Waals surface area contributed by atoms with E-state index in [0.717, 1.165) is 24.9 Å². The summed E-state index contributed by atoms with van der Waals surface area (Å²) in [7, 11) is 0. The van der Waals surface area contributed by atoms with E-state index < -0.39 is 16.9 Å². The van der Waals surface area contributed by atoms with Gasteiger partial charge in [-0.15, -0.1) is 0 Å². The van der Waals surface area contributed by atoms with E-state index in [1.54, 1.807) is 6.07 Å². The summed E-state index contributed by atoms with van der Waals surface area (Å²) in [6.45, 7) is 3.80. The molecule has 1 aromatic carbocycles. The number of amides is 1. The van der Waals surface area contributed by atoms with Gasteiger partial charge in [-0.25, -0.2) is 5.01 Å². The quantitative estimate of drug-likeness (QED) is 0.771. The van der Waals surface area contributed by atoms with E-state index in [9.17, 15) is 14.7 Å². The van der Waals surface area contributed by atoms with Crippen LogP contribution in [-0.2, 0) is 9.59 Å². The van der Waals surface area contributed by atoms with Gasteiger partial charge in [0, 0.05) is 0 Å².